The number of imidazole rings is 1. The van der Waals surface area contributed by atoms with Crippen LogP contribution in [0.1, 0.15) is 73.5 Å². The van der Waals surface area contributed by atoms with Crippen molar-refractivity contribution in [2.75, 3.05) is 0 Å². The lowest BCUT2D eigenvalue weighted by molar-refractivity contribution is 0.472. The van der Waals surface area contributed by atoms with Crippen molar-refractivity contribution in [1.29, 1.82) is 0 Å². The number of fused-ring (bicyclic) bond motifs is 1. The highest BCUT2D eigenvalue weighted by molar-refractivity contribution is 5.98. The lowest BCUT2D eigenvalue weighted by atomic mass is 9.83. The van der Waals surface area contributed by atoms with Crippen LogP contribution >= 0.6 is 0 Å². The van der Waals surface area contributed by atoms with Gasteiger partial charge in [-0.3, -0.25) is 9.55 Å². The Bertz CT molecular complexity index is 2890. The number of benzene rings is 6. The van der Waals surface area contributed by atoms with E-state index in [9.17, 15) is 5.11 Å². The van der Waals surface area contributed by atoms with Crippen molar-refractivity contribution >= 4 is 11.0 Å². The topological polar surface area (TPSA) is 50.9 Å². The van der Waals surface area contributed by atoms with Crippen LogP contribution in [0.5, 0.6) is 5.75 Å². The van der Waals surface area contributed by atoms with Crippen molar-refractivity contribution < 1.29 is 9.22 Å². The molecule has 2 aromatic heterocycles. The SMILES string of the molecule is [2H]C([2H])([2H])c1ccc(-c2ccnc(-c3cc(-c4cccc5c4nc(-c4cc(C)cc(C)c4O)n5-c4ccc(C(C)(C)C)cc4-c4ccccc4)cc(C(C)(C)C)c3)c2)cc1. The summed E-state index contributed by atoms with van der Waals surface area (Å²) in [5.74, 6) is 0.871. The number of aromatic hydroxyl groups is 1. The minimum atomic E-state index is -2.16. The fraction of sp³-hybridized carbons (Fsp3) is 0.208. The first-order valence-electron chi connectivity index (χ1n) is 21.1. The Hall–Kier alpha value is -6.26. The van der Waals surface area contributed by atoms with Crippen molar-refractivity contribution in [3.63, 3.8) is 0 Å². The molecule has 0 saturated heterocycles. The van der Waals surface area contributed by atoms with E-state index in [-0.39, 0.29) is 16.6 Å². The van der Waals surface area contributed by atoms with Gasteiger partial charge in [0.2, 0.25) is 0 Å². The van der Waals surface area contributed by atoms with Crippen LogP contribution in [0.3, 0.4) is 0 Å². The summed E-state index contributed by atoms with van der Waals surface area (Å²) in [5, 5.41) is 11.8. The molecule has 0 amide bonds. The van der Waals surface area contributed by atoms with E-state index in [0.717, 1.165) is 78.0 Å². The Kier molecular flexibility index (Phi) is 8.57. The molecule has 4 nitrogen and oxygen atoms in total. The zero-order valence-electron chi connectivity index (χ0n) is 37.1. The van der Waals surface area contributed by atoms with E-state index in [2.05, 4.69) is 138 Å². The Labute approximate surface area is 341 Å². The number of rotatable bonds is 6. The second-order valence-corrected chi connectivity index (χ2v) is 17.3. The molecule has 6 aromatic carbocycles. The van der Waals surface area contributed by atoms with Gasteiger partial charge in [-0.05, 0) is 125 Å². The molecule has 0 radical (unpaired) electrons. The molecule has 4 heteroatoms. The van der Waals surface area contributed by atoms with E-state index in [1.165, 1.54) is 5.56 Å². The number of hydrogen-bond donors (Lipinski definition) is 1. The predicted octanol–water partition coefficient (Wildman–Crippen LogP) is 14.0. The van der Waals surface area contributed by atoms with Gasteiger partial charge in [-0.15, -0.1) is 0 Å². The first kappa shape index (κ1) is 34.0. The molecule has 0 bridgehead atoms. The molecule has 8 aromatic rings. The average Bonchev–Trinajstić information content (AvgIpc) is 3.60. The zero-order chi connectivity index (χ0) is 42.7. The van der Waals surface area contributed by atoms with Crippen LogP contribution in [-0.4, -0.2) is 19.6 Å². The molecule has 0 aliphatic carbocycles. The highest BCUT2D eigenvalue weighted by atomic mass is 16.3. The molecule has 0 atom stereocenters. The number of hydrogen-bond acceptors (Lipinski definition) is 3. The van der Waals surface area contributed by atoms with Crippen LogP contribution in [0.2, 0.25) is 0 Å². The smallest absolute Gasteiger partial charge is 0.149 e. The standard InChI is InChI=1S/C53H51N3O/c1-33-18-20-36(21-19-33)38-24-25-54-46(31-38)40-28-39(29-42(30-40)53(7,8)9)43-16-13-17-48-49(43)55-51(45-27-34(2)26-35(3)50(45)57)56(48)47-23-22-41(52(4,5)6)32-44(47)37-14-11-10-12-15-37/h10-32,57H,1-9H3/i1D3. The third-order valence-electron chi connectivity index (χ3n) is 10.9. The molecular weight excluding hydrogens is 695 g/mol. The summed E-state index contributed by atoms with van der Waals surface area (Å²) in [5.41, 5.74) is 15.4. The number of aryl methyl sites for hydroxylation is 3. The zero-order valence-corrected chi connectivity index (χ0v) is 34.1. The minimum Gasteiger partial charge on any atom is -0.507 e. The molecule has 284 valence electrons. The van der Waals surface area contributed by atoms with Crippen LogP contribution in [0, 0.1) is 20.7 Å². The minimum absolute atomic E-state index is 0.0740. The second-order valence-electron chi connectivity index (χ2n) is 17.3. The van der Waals surface area contributed by atoms with Gasteiger partial charge in [0, 0.05) is 27.0 Å². The lowest BCUT2D eigenvalue weighted by Crippen LogP contribution is -2.12. The molecule has 1 N–H and O–H groups in total. The van der Waals surface area contributed by atoms with Crippen molar-refractivity contribution in [3.8, 4) is 67.5 Å². The van der Waals surface area contributed by atoms with E-state index in [0.29, 0.717) is 17.0 Å². The highest BCUT2D eigenvalue weighted by Crippen LogP contribution is 2.43. The second kappa shape index (κ2) is 14.4. The normalized spacial score (nSPS) is 13.0. The number of phenolic OH excluding ortho intramolecular Hbond substituents is 1. The maximum absolute atomic E-state index is 11.8. The Balaban J connectivity index is 1.38. The molecule has 8 rings (SSSR count). The van der Waals surface area contributed by atoms with Crippen molar-refractivity contribution in [2.24, 2.45) is 0 Å². The van der Waals surface area contributed by atoms with E-state index in [1.807, 2.05) is 49.5 Å². The third kappa shape index (κ3) is 7.29. The van der Waals surface area contributed by atoms with E-state index in [1.54, 1.807) is 12.1 Å². The number of pyridine rings is 1. The predicted molar refractivity (Wildman–Crippen MR) is 239 cm³/mol. The Morgan fingerprint density at radius 3 is 2.02 bits per heavy atom. The lowest BCUT2D eigenvalue weighted by Gasteiger charge is -2.23. The number of aromatic nitrogens is 3. The summed E-state index contributed by atoms with van der Waals surface area (Å²) in [4.78, 5) is 10.4. The van der Waals surface area contributed by atoms with Gasteiger partial charge < -0.3 is 5.11 Å². The Morgan fingerprint density at radius 1 is 0.561 bits per heavy atom. The molecule has 0 spiro atoms. The molecular formula is C53H51N3O. The fourth-order valence-electron chi connectivity index (χ4n) is 7.73. The molecule has 0 fully saturated rings. The van der Waals surface area contributed by atoms with Crippen molar-refractivity contribution in [1.82, 2.24) is 14.5 Å². The molecule has 2 heterocycles. The van der Waals surface area contributed by atoms with Gasteiger partial charge in [-0.25, -0.2) is 4.98 Å². The van der Waals surface area contributed by atoms with Crippen LogP contribution in [-0.2, 0) is 10.8 Å². The fourth-order valence-corrected chi connectivity index (χ4v) is 7.73. The van der Waals surface area contributed by atoms with Gasteiger partial charge in [0.1, 0.15) is 11.6 Å². The van der Waals surface area contributed by atoms with Gasteiger partial charge in [-0.1, -0.05) is 132 Å². The van der Waals surface area contributed by atoms with Gasteiger partial charge in [-0.2, -0.15) is 0 Å². The van der Waals surface area contributed by atoms with E-state index >= 15 is 0 Å². The monoisotopic (exact) mass is 748 g/mol. The highest BCUT2D eigenvalue weighted by Gasteiger charge is 2.25. The molecule has 0 unspecified atom stereocenters. The first-order chi connectivity index (χ1) is 28.4. The van der Waals surface area contributed by atoms with Crippen LogP contribution in [0.25, 0.3) is 72.7 Å². The van der Waals surface area contributed by atoms with Gasteiger partial charge >= 0.3 is 0 Å². The van der Waals surface area contributed by atoms with Crippen molar-refractivity contribution in [3.05, 3.63) is 167 Å². The summed E-state index contributed by atoms with van der Waals surface area (Å²) in [6.07, 6.45) is 1.81. The maximum atomic E-state index is 11.8. The summed E-state index contributed by atoms with van der Waals surface area (Å²) >= 11 is 0. The van der Waals surface area contributed by atoms with Gasteiger partial charge in [0.25, 0.3) is 0 Å². The van der Waals surface area contributed by atoms with Gasteiger partial charge in [0.15, 0.2) is 0 Å². The van der Waals surface area contributed by atoms with E-state index in [4.69, 9.17) is 14.1 Å². The quantitative estimate of drug-likeness (QED) is 0.184. The summed E-state index contributed by atoms with van der Waals surface area (Å²) in [6, 6.07) is 45.3. The summed E-state index contributed by atoms with van der Waals surface area (Å²) in [7, 11) is 0. The van der Waals surface area contributed by atoms with Crippen LogP contribution < -0.4 is 0 Å². The third-order valence-corrected chi connectivity index (χ3v) is 10.9. The van der Waals surface area contributed by atoms with E-state index < -0.39 is 6.85 Å². The molecule has 57 heavy (non-hydrogen) atoms. The number of para-hydroxylation sites is 1. The van der Waals surface area contributed by atoms with Crippen LogP contribution in [0.15, 0.2) is 140 Å². The first-order valence-corrected chi connectivity index (χ1v) is 19.6. The maximum Gasteiger partial charge on any atom is 0.149 e. The Morgan fingerprint density at radius 2 is 1.30 bits per heavy atom. The van der Waals surface area contributed by atoms with Gasteiger partial charge in [0.05, 0.1) is 28.0 Å². The summed E-state index contributed by atoms with van der Waals surface area (Å²) in [6.45, 7) is 15.2. The number of nitrogens with zero attached hydrogens (tertiary/aromatic N) is 3. The average molecular weight is 749 g/mol. The van der Waals surface area contributed by atoms with Crippen molar-refractivity contribution in [2.45, 2.75) is 73.1 Å². The molecule has 0 aliphatic rings. The van der Waals surface area contributed by atoms with Crippen LogP contribution in [0.4, 0.5) is 0 Å². The largest absolute Gasteiger partial charge is 0.507 e. The number of phenols is 1. The molecule has 0 aliphatic heterocycles. The molecule has 0 saturated carbocycles. The summed E-state index contributed by atoms with van der Waals surface area (Å²) < 4.78 is 25.7.